The van der Waals surface area contributed by atoms with E-state index in [1.54, 1.807) is 22.2 Å². The Kier molecular flexibility index (Phi) is 13.3. The Labute approximate surface area is 405 Å². The van der Waals surface area contributed by atoms with Crippen molar-refractivity contribution in [2.24, 2.45) is 11.8 Å². The third-order valence-electron chi connectivity index (χ3n) is 13.4. The monoisotopic (exact) mass is 957 g/mol. The van der Waals surface area contributed by atoms with Crippen LogP contribution in [0, 0.1) is 17.7 Å². The Morgan fingerprint density at radius 2 is 1.33 bits per heavy atom. The van der Waals surface area contributed by atoms with Crippen molar-refractivity contribution in [2.45, 2.75) is 104 Å². The number of ether oxygens (including phenoxy) is 4. The maximum atomic E-state index is 17.0. The smallest absolute Gasteiger partial charge is 0.407 e. The molecule has 4 amide bonds. The number of hydrogen-bond acceptors (Lipinski definition) is 10. The zero-order valence-electron chi connectivity index (χ0n) is 40.7. The van der Waals surface area contributed by atoms with Crippen molar-refractivity contribution < 1.29 is 42.5 Å². The Balaban J connectivity index is 1.05. The number of aromatic amines is 2. The second-order valence-electron chi connectivity index (χ2n) is 19.2. The summed E-state index contributed by atoms with van der Waals surface area (Å²) in [4.78, 5) is 71.8. The number of carbonyl (C=O) groups is 4. The summed E-state index contributed by atoms with van der Waals surface area (Å²) in [5.41, 5.74) is 5.18. The zero-order chi connectivity index (χ0) is 49.5. The minimum atomic E-state index is -0.782. The van der Waals surface area contributed by atoms with Gasteiger partial charge < -0.3 is 53.9 Å². The van der Waals surface area contributed by atoms with Gasteiger partial charge in [-0.1, -0.05) is 45.9 Å². The second-order valence-corrected chi connectivity index (χ2v) is 19.2. The second kappa shape index (κ2) is 19.6. The number of hydrogen-bond donors (Lipinski definition) is 4. The lowest BCUT2D eigenvalue weighted by Crippen LogP contribution is -2.51. The van der Waals surface area contributed by atoms with Crippen LogP contribution in [0.25, 0.3) is 44.7 Å². The summed E-state index contributed by atoms with van der Waals surface area (Å²) >= 11 is 0. The number of carbonyl (C=O) groups excluding carboxylic acids is 4. The number of rotatable bonds is 13. The van der Waals surface area contributed by atoms with Crippen LogP contribution in [0.4, 0.5) is 14.0 Å². The SMILES string of the molecule is COC(=O)N[C@H](C(=O)N1CCC[C@H]1c1ncc(-c2cc(F)c3c(c2)OC(c2cccc(OC(C)C)c2)n2c-3cc3cc(-c4cnc([C@@H]5CCCN5C(=O)[C@@H](NC(=O)OC)C(C)C)[nH]4)ccc32)[nH]1)C(C)C. The van der Waals surface area contributed by atoms with E-state index in [0.717, 1.165) is 40.6 Å². The number of alkyl carbamates (subject to hydrolysis) is 2. The first-order valence-electron chi connectivity index (χ1n) is 24.0. The molecule has 3 aliphatic heterocycles. The van der Waals surface area contributed by atoms with E-state index in [-0.39, 0.29) is 41.8 Å². The van der Waals surface area contributed by atoms with Gasteiger partial charge in [-0.05, 0) is 93.8 Å². The van der Waals surface area contributed by atoms with E-state index in [4.69, 9.17) is 28.9 Å². The van der Waals surface area contributed by atoms with E-state index in [9.17, 15) is 19.2 Å². The molecule has 0 saturated carbocycles. The number of H-pyrrole nitrogens is 2. The van der Waals surface area contributed by atoms with Crippen LogP contribution < -0.4 is 20.1 Å². The van der Waals surface area contributed by atoms with Gasteiger partial charge in [-0.25, -0.2) is 23.9 Å². The highest BCUT2D eigenvalue weighted by Crippen LogP contribution is 2.48. The Bertz CT molecular complexity index is 2940. The minimum absolute atomic E-state index is 0.0658. The fraction of sp³-hybridized carbons (Fsp3) is 0.423. The van der Waals surface area contributed by atoms with Crippen molar-refractivity contribution >= 4 is 34.9 Å². The van der Waals surface area contributed by atoms with E-state index < -0.39 is 36.3 Å². The molecule has 2 saturated heterocycles. The summed E-state index contributed by atoms with van der Waals surface area (Å²) in [7, 11) is 2.54. The van der Waals surface area contributed by atoms with Gasteiger partial charge in [0.05, 0.1) is 73.0 Å². The quantitative estimate of drug-likeness (QED) is 0.0867. The van der Waals surface area contributed by atoms with Crippen molar-refractivity contribution in [1.29, 1.82) is 0 Å². The first kappa shape index (κ1) is 47.7. The van der Waals surface area contributed by atoms with Crippen molar-refractivity contribution in [1.82, 2.24) is 44.9 Å². The lowest BCUT2D eigenvalue weighted by molar-refractivity contribution is -0.136. The van der Waals surface area contributed by atoms with Gasteiger partial charge in [0.15, 0.2) is 0 Å². The van der Waals surface area contributed by atoms with Crippen molar-refractivity contribution in [2.75, 3.05) is 27.3 Å². The third-order valence-corrected chi connectivity index (χ3v) is 13.4. The van der Waals surface area contributed by atoms with Crippen molar-refractivity contribution in [3.63, 3.8) is 0 Å². The maximum absolute atomic E-state index is 17.0. The van der Waals surface area contributed by atoms with E-state index in [1.807, 2.05) is 101 Å². The molecule has 3 aliphatic rings. The molecule has 6 aromatic rings. The summed E-state index contributed by atoms with van der Waals surface area (Å²) in [6, 6.07) is 16.8. The number of imidazole rings is 2. The number of nitrogens with zero attached hydrogens (tertiary/aromatic N) is 5. The standard InChI is InChI=1S/C52H60FN9O8/c1-27(2)44(58-51(65)67-7)48(63)60-18-10-14-39(60)46-54-25-36(56-46)30-16-17-38-33(20-30)23-41-43-35(53)22-32(24-42(43)70-50(62(38)41)31-12-9-13-34(21-31)69-29(5)6)37-26-55-47(57-37)40-15-11-19-61(40)49(64)45(28(3)4)59-52(66)68-8/h9,12-13,16-17,20-29,39-40,44-45,50H,10-11,14-15,18-19H2,1-8H3,(H,54,56)(H,55,57)(H,58,65)(H,59,66)/t39-,40-,44-,45-,50?/m0/s1. The molecule has 0 bridgehead atoms. The molecule has 18 heteroatoms. The molecular formula is C52H60FN9O8. The van der Waals surface area contributed by atoms with Gasteiger partial charge >= 0.3 is 12.2 Å². The van der Waals surface area contributed by atoms with Crippen molar-refractivity contribution in [3.8, 4) is 45.3 Å². The fourth-order valence-corrected chi connectivity index (χ4v) is 10.0. The van der Waals surface area contributed by atoms with Gasteiger partial charge in [0.2, 0.25) is 18.0 Å². The van der Waals surface area contributed by atoms with Crippen LogP contribution in [0.15, 0.2) is 73.1 Å². The van der Waals surface area contributed by atoms with E-state index in [0.29, 0.717) is 71.6 Å². The molecule has 3 aromatic heterocycles. The van der Waals surface area contributed by atoms with Crippen LogP contribution in [0.3, 0.4) is 0 Å². The summed E-state index contributed by atoms with van der Waals surface area (Å²) in [5.74, 6) is 0.953. The number of likely N-dealkylation sites (tertiary alicyclic amines) is 2. The van der Waals surface area contributed by atoms with Crippen LogP contribution in [0.2, 0.25) is 0 Å². The number of benzene rings is 3. The molecule has 2 fully saturated rings. The number of fused-ring (bicyclic) bond motifs is 5. The molecule has 6 heterocycles. The highest BCUT2D eigenvalue weighted by molar-refractivity contribution is 5.93. The van der Waals surface area contributed by atoms with E-state index in [2.05, 4.69) is 20.6 Å². The first-order chi connectivity index (χ1) is 33.6. The molecule has 9 rings (SSSR count). The number of methoxy groups -OCH3 is 2. The molecule has 17 nitrogen and oxygen atoms in total. The van der Waals surface area contributed by atoms with Gasteiger partial charge in [0.1, 0.15) is 41.0 Å². The van der Waals surface area contributed by atoms with Gasteiger partial charge in [-0.15, -0.1) is 0 Å². The van der Waals surface area contributed by atoms with Crippen LogP contribution in [0.1, 0.15) is 103 Å². The Hall–Kier alpha value is -7.37. The minimum Gasteiger partial charge on any atom is -0.491 e. The highest BCUT2D eigenvalue weighted by atomic mass is 19.1. The molecule has 0 radical (unpaired) electrons. The topological polar surface area (TPSA) is 198 Å². The van der Waals surface area contributed by atoms with Crippen LogP contribution in [-0.2, 0) is 19.1 Å². The summed E-state index contributed by atoms with van der Waals surface area (Å²) in [5, 5.41) is 6.22. The van der Waals surface area contributed by atoms with Crippen LogP contribution in [-0.4, -0.2) is 104 Å². The van der Waals surface area contributed by atoms with Crippen LogP contribution >= 0.6 is 0 Å². The van der Waals surface area contributed by atoms with Gasteiger partial charge in [-0.3, -0.25) is 9.59 Å². The Morgan fingerprint density at radius 3 is 1.89 bits per heavy atom. The average molecular weight is 958 g/mol. The summed E-state index contributed by atoms with van der Waals surface area (Å²) in [6.45, 7) is 12.5. The maximum Gasteiger partial charge on any atom is 0.407 e. The zero-order valence-corrected chi connectivity index (χ0v) is 40.7. The fourth-order valence-electron chi connectivity index (χ4n) is 10.0. The molecule has 368 valence electrons. The average Bonchev–Trinajstić information content (AvgIpc) is 4.20. The van der Waals surface area contributed by atoms with E-state index >= 15 is 4.39 Å². The summed E-state index contributed by atoms with van der Waals surface area (Å²) < 4.78 is 41.6. The van der Waals surface area contributed by atoms with Gasteiger partial charge in [0.25, 0.3) is 0 Å². The van der Waals surface area contributed by atoms with E-state index in [1.165, 1.54) is 20.3 Å². The molecule has 1 unspecified atom stereocenters. The lowest BCUT2D eigenvalue weighted by Gasteiger charge is -2.31. The number of nitrogens with one attached hydrogen (secondary N) is 4. The first-order valence-corrected chi connectivity index (χ1v) is 24.0. The molecule has 3 aromatic carbocycles. The van der Waals surface area contributed by atoms with Crippen LogP contribution in [0.5, 0.6) is 11.5 Å². The number of aromatic nitrogens is 5. The Morgan fingerprint density at radius 1 is 0.743 bits per heavy atom. The lowest BCUT2D eigenvalue weighted by atomic mass is 10.0. The summed E-state index contributed by atoms with van der Waals surface area (Å²) in [6.07, 6.45) is 4.19. The molecule has 70 heavy (non-hydrogen) atoms. The molecule has 4 N–H and O–H groups in total. The molecular weight excluding hydrogens is 898 g/mol. The van der Waals surface area contributed by atoms with Gasteiger partial charge in [0, 0.05) is 35.2 Å². The predicted octanol–water partition coefficient (Wildman–Crippen LogP) is 9.04. The molecule has 0 aliphatic carbocycles. The van der Waals surface area contributed by atoms with Crippen molar-refractivity contribution in [3.05, 3.63) is 96.1 Å². The normalized spacial score (nSPS) is 18.4. The number of halogens is 1. The largest absolute Gasteiger partial charge is 0.491 e. The predicted molar refractivity (Wildman–Crippen MR) is 259 cm³/mol. The molecule has 0 spiro atoms. The highest BCUT2D eigenvalue weighted by Gasteiger charge is 2.40. The third kappa shape index (κ3) is 9.13. The number of amides is 4. The van der Waals surface area contributed by atoms with Gasteiger partial charge in [-0.2, -0.15) is 0 Å². The molecule has 5 atom stereocenters.